The van der Waals surface area contributed by atoms with Gasteiger partial charge in [0.05, 0.1) is 0 Å². The van der Waals surface area contributed by atoms with E-state index in [9.17, 15) is 9.90 Å². The van der Waals surface area contributed by atoms with Crippen molar-refractivity contribution in [3.05, 3.63) is 71.3 Å². The zero-order valence-corrected chi connectivity index (χ0v) is 17.3. The molecule has 2 N–H and O–H groups in total. The normalized spacial score (nSPS) is 17.3. The minimum Gasteiger partial charge on any atom is -0.378 e. The molecule has 1 amide bonds. The second-order valence-corrected chi connectivity index (χ2v) is 8.24. The zero-order valence-electron chi connectivity index (χ0n) is 17.3. The summed E-state index contributed by atoms with van der Waals surface area (Å²) in [5.74, 6) is 5.67. The molecule has 0 radical (unpaired) electrons. The number of hydrogen-bond donors (Lipinski definition) is 2. The summed E-state index contributed by atoms with van der Waals surface area (Å²) in [5, 5.41) is 12.9. The van der Waals surface area contributed by atoms with Crippen molar-refractivity contribution >= 4 is 5.91 Å². The molecule has 1 saturated heterocycles. The second kappa shape index (κ2) is 9.73. The summed E-state index contributed by atoms with van der Waals surface area (Å²) in [6, 6.07) is 17.9. The molecule has 0 bridgehead atoms. The van der Waals surface area contributed by atoms with E-state index in [0.717, 1.165) is 44.5 Å². The molecule has 0 spiro atoms. The van der Waals surface area contributed by atoms with Crippen molar-refractivity contribution in [1.82, 2.24) is 10.2 Å². The molecule has 0 saturated carbocycles. The van der Waals surface area contributed by atoms with Gasteiger partial charge < -0.3 is 15.3 Å². The van der Waals surface area contributed by atoms with Crippen LogP contribution in [-0.4, -0.2) is 47.2 Å². The van der Waals surface area contributed by atoms with Crippen LogP contribution in [0.1, 0.15) is 48.2 Å². The summed E-state index contributed by atoms with van der Waals surface area (Å²) in [7, 11) is 0. The number of nitrogens with one attached hydrogen (secondary N) is 1. The molecule has 1 atom stereocenters. The first kappa shape index (κ1) is 21.1. The lowest BCUT2D eigenvalue weighted by molar-refractivity contribution is 0.0904. The van der Waals surface area contributed by atoms with Crippen LogP contribution in [0.2, 0.25) is 0 Å². The summed E-state index contributed by atoms with van der Waals surface area (Å²) in [4.78, 5) is 15.1. The predicted molar refractivity (Wildman–Crippen MR) is 117 cm³/mol. The number of amides is 1. The standard InChI is InChI=1S/C25H30N2O2/c1-25(2,29)16-14-21-10-12-22(13-11-21)24(28)26-23-9-6-17-27(19-23)18-15-20-7-4-3-5-8-20/h3-5,7-8,10-13,23,29H,6,9,15,17-19H2,1-2H3,(H,26,28)/t23-/m1/s1. The number of rotatable bonds is 5. The Bertz CT molecular complexity index is 858. The summed E-state index contributed by atoms with van der Waals surface area (Å²) < 4.78 is 0. The van der Waals surface area contributed by atoms with Gasteiger partial charge in [0, 0.05) is 30.3 Å². The average Bonchev–Trinajstić information content (AvgIpc) is 2.72. The summed E-state index contributed by atoms with van der Waals surface area (Å²) >= 11 is 0. The molecule has 152 valence electrons. The Morgan fingerprint density at radius 3 is 2.59 bits per heavy atom. The van der Waals surface area contributed by atoms with E-state index in [-0.39, 0.29) is 11.9 Å². The van der Waals surface area contributed by atoms with E-state index in [1.165, 1.54) is 5.56 Å². The number of carbonyl (C=O) groups is 1. The van der Waals surface area contributed by atoms with E-state index in [2.05, 4.69) is 46.3 Å². The maximum Gasteiger partial charge on any atom is 0.251 e. The van der Waals surface area contributed by atoms with Crippen molar-refractivity contribution in [2.24, 2.45) is 0 Å². The van der Waals surface area contributed by atoms with E-state index >= 15 is 0 Å². The van der Waals surface area contributed by atoms with Crippen LogP contribution in [0, 0.1) is 11.8 Å². The predicted octanol–water partition coefficient (Wildman–Crippen LogP) is 3.25. The lowest BCUT2D eigenvalue weighted by Crippen LogP contribution is -2.48. The fraction of sp³-hybridized carbons (Fsp3) is 0.400. The molecule has 0 aliphatic carbocycles. The van der Waals surface area contributed by atoms with Crippen LogP contribution < -0.4 is 5.32 Å². The summed E-state index contributed by atoms with van der Waals surface area (Å²) in [6.45, 7) is 6.30. The molecule has 1 heterocycles. The van der Waals surface area contributed by atoms with Crippen LogP contribution >= 0.6 is 0 Å². The number of likely N-dealkylation sites (tertiary alicyclic amines) is 1. The Morgan fingerprint density at radius 2 is 1.90 bits per heavy atom. The highest BCUT2D eigenvalue weighted by Gasteiger charge is 2.21. The number of aliphatic hydroxyl groups is 1. The van der Waals surface area contributed by atoms with E-state index in [1.807, 2.05) is 18.2 Å². The highest BCUT2D eigenvalue weighted by Crippen LogP contribution is 2.13. The van der Waals surface area contributed by atoms with Gasteiger partial charge in [0.1, 0.15) is 5.60 Å². The van der Waals surface area contributed by atoms with Gasteiger partial charge in [0.25, 0.3) is 5.91 Å². The molecule has 29 heavy (non-hydrogen) atoms. The Hall–Kier alpha value is -2.61. The fourth-order valence-corrected chi connectivity index (χ4v) is 3.51. The van der Waals surface area contributed by atoms with E-state index in [0.29, 0.717) is 5.56 Å². The van der Waals surface area contributed by atoms with Crippen LogP contribution in [0.15, 0.2) is 54.6 Å². The third-order valence-electron chi connectivity index (χ3n) is 5.06. The number of nitrogens with zero attached hydrogens (tertiary/aromatic N) is 1. The van der Waals surface area contributed by atoms with Gasteiger partial charge in [0.2, 0.25) is 0 Å². The second-order valence-electron chi connectivity index (χ2n) is 8.24. The lowest BCUT2D eigenvalue weighted by Gasteiger charge is -2.33. The minimum absolute atomic E-state index is 0.0399. The first-order valence-electron chi connectivity index (χ1n) is 10.3. The molecule has 1 aliphatic heterocycles. The average molecular weight is 391 g/mol. The largest absolute Gasteiger partial charge is 0.378 e. The highest BCUT2D eigenvalue weighted by atomic mass is 16.3. The van der Waals surface area contributed by atoms with E-state index in [1.54, 1.807) is 26.0 Å². The number of hydrogen-bond acceptors (Lipinski definition) is 3. The minimum atomic E-state index is -1.02. The molecular formula is C25H30N2O2. The fourth-order valence-electron chi connectivity index (χ4n) is 3.51. The smallest absolute Gasteiger partial charge is 0.251 e. The van der Waals surface area contributed by atoms with Crippen LogP contribution in [0.5, 0.6) is 0 Å². The van der Waals surface area contributed by atoms with E-state index < -0.39 is 5.60 Å². The molecule has 1 fully saturated rings. The SMILES string of the molecule is CC(C)(O)C#Cc1ccc(C(=O)N[C@@H]2CCCN(CCc3ccccc3)C2)cc1. The first-order chi connectivity index (χ1) is 13.9. The maximum absolute atomic E-state index is 12.6. The quantitative estimate of drug-likeness (QED) is 0.771. The molecule has 2 aromatic rings. The number of piperidine rings is 1. The van der Waals surface area contributed by atoms with Crippen LogP contribution in [-0.2, 0) is 6.42 Å². The molecular weight excluding hydrogens is 360 g/mol. The molecule has 3 rings (SSSR count). The van der Waals surface area contributed by atoms with Crippen molar-refractivity contribution in [2.75, 3.05) is 19.6 Å². The van der Waals surface area contributed by atoms with Gasteiger partial charge in [-0.3, -0.25) is 4.79 Å². The van der Waals surface area contributed by atoms with Crippen LogP contribution in [0.25, 0.3) is 0 Å². The van der Waals surface area contributed by atoms with Gasteiger partial charge in [-0.2, -0.15) is 0 Å². The monoisotopic (exact) mass is 390 g/mol. The van der Waals surface area contributed by atoms with Crippen molar-refractivity contribution < 1.29 is 9.90 Å². The highest BCUT2D eigenvalue weighted by molar-refractivity contribution is 5.94. The maximum atomic E-state index is 12.6. The van der Waals surface area contributed by atoms with Gasteiger partial charge in [-0.1, -0.05) is 42.2 Å². The Labute approximate surface area is 173 Å². The van der Waals surface area contributed by atoms with Crippen LogP contribution in [0.3, 0.4) is 0 Å². The van der Waals surface area contributed by atoms with E-state index in [4.69, 9.17) is 0 Å². The van der Waals surface area contributed by atoms with Gasteiger partial charge >= 0.3 is 0 Å². The molecule has 0 aromatic heterocycles. The Kier molecular flexibility index (Phi) is 7.09. The zero-order chi connectivity index (χ0) is 20.7. The van der Waals surface area contributed by atoms with Crippen molar-refractivity contribution in [3.63, 3.8) is 0 Å². The van der Waals surface area contributed by atoms with Crippen LogP contribution in [0.4, 0.5) is 0 Å². The Morgan fingerprint density at radius 1 is 1.17 bits per heavy atom. The lowest BCUT2D eigenvalue weighted by atomic mass is 10.0. The summed E-state index contributed by atoms with van der Waals surface area (Å²) in [5.41, 5.74) is 1.75. The van der Waals surface area contributed by atoms with Crippen molar-refractivity contribution in [1.29, 1.82) is 0 Å². The third-order valence-corrected chi connectivity index (χ3v) is 5.06. The molecule has 1 aliphatic rings. The van der Waals surface area contributed by atoms with Gasteiger partial charge in [-0.25, -0.2) is 0 Å². The third kappa shape index (κ3) is 7.05. The van der Waals surface area contributed by atoms with Crippen molar-refractivity contribution in [2.45, 2.75) is 44.8 Å². The van der Waals surface area contributed by atoms with Gasteiger partial charge in [0.15, 0.2) is 0 Å². The first-order valence-corrected chi connectivity index (χ1v) is 10.3. The molecule has 4 heteroatoms. The number of benzene rings is 2. The number of carbonyl (C=O) groups excluding carboxylic acids is 1. The van der Waals surface area contributed by atoms with Gasteiger partial charge in [-0.15, -0.1) is 0 Å². The Balaban J connectivity index is 1.51. The topological polar surface area (TPSA) is 52.6 Å². The molecule has 0 unspecified atom stereocenters. The molecule has 2 aromatic carbocycles. The molecule has 4 nitrogen and oxygen atoms in total. The van der Waals surface area contributed by atoms with Crippen molar-refractivity contribution in [3.8, 4) is 11.8 Å². The van der Waals surface area contributed by atoms with Gasteiger partial charge in [-0.05, 0) is 69.5 Å². The summed E-state index contributed by atoms with van der Waals surface area (Å²) in [6.07, 6.45) is 3.16.